The summed E-state index contributed by atoms with van der Waals surface area (Å²) >= 11 is 0. The van der Waals surface area contributed by atoms with Crippen LogP contribution in [-0.4, -0.2) is 21.8 Å². The van der Waals surface area contributed by atoms with E-state index in [0.717, 1.165) is 0 Å². The normalized spacial score (nSPS) is 9.95. The van der Waals surface area contributed by atoms with Crippen molar-refractivity contribution in [3.05, 3.63) is 42.1 Å². The standard InChI is InChI=1S/C12H12N4O3/c1-16-11(9(7-14-16)10(13)17)15-12(18)19-8-5-3-2-4-6-8/h2-7H,1H3,(H2,13,17)(H,15,18). The van der Waals surface area contributed by atoms with Crippen molar-refractivity contribution in [3.63, 3.8) is 0 Å². The summed E-state index contributed by atoms with van der Waals surface area (Å²) in [4.78, 5) is 22.8. The molecule has 19 heavy (non-hydrogen) atoms. The second-order valence-corrected chi connectivity index (χ2v) is 3.72. The smallest absolute Gasteiger partial charge is 0.410 e. The number of rotatable bonds is 3. The van der Waals surface area contributed by atoms with Crippen molar-refractivity contribution < 1.29 is 14.3 Å². The van der Waals surface area contributed by atoms with Crippen LogP contribution in [-0.2, 0) is 7.05 Å². The molecule has 7 nitrogen and oxygen atoms in total. The lowest BCUT2D eigenvalue weighted by Crippen LogP contribution is -2.21. The van der Waals surface area contributed by atoms with E-state index < -0.39 is 12.0 Å². The van der Waals surface area contributed by atoms with Gasteiger partial charge in [-0.2, -0.15) is 5.10 Å². The van der Waals surface area contributed by atoms with E-state index in [-0.39, 0.29) is 11.4 Å². The predicted octanol–water partition coefficient (Wildman–Crippen LogP) is 1.13. The lowest BCUT2D eigenvalue weighted by Gasteiger charge is -2.07. The lowest BCUT2D eigenvalue weighted by atomic mass is 10.3. The summed E-state index contributed by atoms with van der Waals surface area (Å²) in [5.41, 5.74) is 5.29. The number of hydrogen-bond acceptors (Lipinski definition) is 4. The Morgan fingerprint density at radius 1 is 1.32 bits per heavy atom. The van der Waals surface area contributed by atoms with Crippen molar-refractivity contribution in [1.82, 2.24) is 9.78 Å². The van der Waals surface area contributed by atoms with Gasteiger partial charge in [-0.3, -0.25) is 14.8 Å². The van der Waals surface area contributed by atoms with Crippen LogP contribution in [0.2, 0.25) is 0 Å². The first-order chi connectivity index (χ1) is 9.08. The van der Waals surface area contributed by atoms with Gasteiger partial charge in [-0.15, -0.1) is 0 Å². The first kappa shape index (κ1) is 12.6. The number of nitrogens with one attached hydrogen (secondary N) is 1. The van der Waals surface area contributed by atoms with Crippen LogP contribution >= 0.6 is 0 Å². The molecule has 0 atom stereocenters. The highest BCUT2D eigenvalue weighted by molar-refractivity contribution is 6.00. The molecule has 0 bridgehead atoms. The van der Waals surface area contributed by atoms with Crippen LogP contribution in [0, 0.1) is 0 Å². The van der Waals surface area contributed by atoms with E-state index in [2.05, 4.69) is 10.4 Å². The van der Waals surface area contributed by atoms with Gasteiger partial charge >= 0.3 is 6.09 Å². The highest BCUT2D eigenvalue weighted by Crippen LogP contribution is 2.15. The minimum absolute atomic E-state index is 0.118. The fourth-order valence-electron chi connectivity index (χ4n) is 1.48. The Morgan fingerprint density at radius 2 is 2.00 bits per heavy atom. The number of para-hydroxylation sites is 1. The molecular formula is C12H12N4O3. The van der Waals surface area contributed by atoms with Gasteiger partial charge in [0.2, 0.25) is 0 Å². The maximum absolute atomic E-state index is 11.7. The zero-order valence-electron chi connectivity index (χ0n) is 10.2. The number of carbonyl (C=O) groups excluding carboxylic acids is 2. The summed E-state index contributed by atoms with van der Waals surface area (Å²) < 4.78 is 6.36. The Hall–Kier alpha value is -2.83. The summed E-state index contributed by atoms with van der Waals surface area (Å²) in [6.07, 6.45) is 0.554. The highest BCUT2D eigenvalue weighted by Gasteiger charge is 2.16. The number of carbonyl (C=O) groups is 2. The van der Waals surface area contributed by atoms with Gasteiger partial charge in [0.05, 0.1) is 6.20 Å². The number of amides is 2. The minimum Gasteiger partial charge on any atom is -0.410 e. The minimum atomic E-state index is -0.725. The number of nitrogens with zero attached hydrogens (tertiary/aromatic N) is 2. The average molecular weight is 260 g/mol. The maximum atomic E-state index is 11.7. The van der Waals surface area contributed by atoms with E-state index in [1.807, 2.05) is 0 Å². The van der Waals surface area contributed by atoms with E-state index in [9.17, 15) is 9.59 Å². The van der Waals surface area contributed by atoms with E-state index in [1.54, 1.807) is 37.4 Å². The van der Waals surface area contributed by atoms with E-state index >= 15 is 0 Å². The molecule has 2 rings (SSSR count). The Kier molecular flexibility index (Phi) is 3.46. The third-order valence-electron chi connectivity index (χ3n) is 2.38. The summed E-state index contributed by atoms with van der Waals surface area (Å²) in [6.45, 7) is 0. The van der Waals surface area contributed by atoms with Crippen LogP contribution in [0.25, 0.3) is 0 Å². The van der Waals surface area contributed by atoms with Crippen LogP contribution < -0.4 is 15.8 Å². The van der Waals surface area contributed by atoms with Crippen LogP contribution in [0.3, 0.4) is 0 Å². The van der Waals surface area contributed by atoms with Gasteiger partial charge in [0, 0.05) is 7.05 Å². The second-order valence-electron chi connectivity index (χ2n) is 3.72. The van der Waals surface area contributed by atoms with Gasteiger partial charge in [0.1, 0.15) is 17.1 Å². The fraction of sp³-hybridized carbons (Fsp3) is 0.0833. The van der Waals surface area contributed by atoms with Crippen molar-refractivity contribution in [3.8, 4) is 5.75 Å². The molecule has 0 unspecified atom stereocenters. The van der Waals surface area contributed by atoms with E-state index in [1.165, 1.54) is 10.9 Å². The molecule has 0 fully saturated rings. The van der Waals surface area contributed by atoms with Crippen LogP contribution in [0.1, 0.15) is 10.4 Å². The molecule has 1 aromatic carbocycles. The van der Waals surface area contributed by atoms with Gasteiger partial charge in [-0.1, -0.05) is 18.2 Å². The Morgan fingerprint density at radius 3 is 2.63 bits per heavy atom. The van der Waals surface area contributed by atoms with Gasteiger partial charge in [-0.25, -0.2) is 4.79 Å². The van der Waals surface area contributed by atoms with Crippen molar-refractivity contribution in [2.24, 2.45) is 12.8 Å². The number of anilines is 1. The first-order valence-corrected chi connectivity index (χ1v) is 5.43. The number of aryl methyl sites for hydroxylation is 1. The van der Waals surface area contributed by atoms with E-state index in [0.29, 0.717) is 5.75 Å². The molecule has 98 valence electrons. The molecule has 2 aromatic rings. The molecule has 2 amide bonds. The Bertz CT molecular complexity index is 607. The zero-order valence-corrected chi connectivity index (χ0v) is 10.2. The summed E-state index contributed by atoms with van der Waals surface area (Å²) in [5.74, 6) is -0.0978. The van der Waals surface area contributed by atoms with Gasteiger partial charge in [0.15, 0.2) is 0 Å². The number of ether oxygens (including phenoxy) is 1. The molecule has 3 N–H and O–H groups in total. The van der Waals surface area contributed by atoms with Gasteiger partial charge < -0.3 is 10.5 Å². The number of primary amides is 1. The summed E-state index contributed by atoms with van der Waals surface area (Å²) in [5, 5.41) is 6.27. The maximum Gasteiger partial charge on any atom is 0.418 e. The largest absolute Gasteiger partial charge is 0.418 e. The van der Waals surface area contributed by atoms with Gasteiger partial charge in [0.25, 0.3) is 5.91 Å². The molecule has 0 saturated heterocycles. The Balaban J connectivity index is 2.11. The number of hydrogen-bond donors (Lipinski definition) is 2. The van der Waals surface area contributed by atoms with Crippen molar-refractivity contribution in [2.75, 3.05) is 5.32 Å². The lowest BCUT2D eigenvalue weighted by molar-refractivity contribution is 0.100. The molecule has 7 heteroatoms. The average Bonchev–Trinajstić information content (AvgIpc) is 2.72. The molecule has 0 aliphatic rings. The first-order valence-electron chi connectivity index (χ1n) is 5.43. The molecular weight excluding hydrogens is 248 g/mol. The summed E-state index contributed by atoms with van der Waals surface area (Å²) in [6, 6.07) is 8.55. The predicted molar refractivity (Wildman–Crippen MR) is 67.8 cm³/mol. The molecule has 1 heterocycles. The topological polar surface area (TPSA) is 99.2 Å². The number of benzene rings is 1. The van der Waals surface area contributed by atoms with Crippen LogP contribution in [0.4, 0.5) is 10.6 Å². The highest BCUT2D eigenvalue weighted by atomic mass is 16.6. The SMILES string of the molecule is Cn1ncc(C(N)=O)c1NC(=O)Oc1ccccc1. The fourth-order valence-corrected chi connectivity index (χ4v) is 1.48. The van der Waals surface area contributed by atoms with Crippen molar-refractivity contribution in [2.45, 2.75) is 0 Å². The second kappa shape index (κ2) is 5.21. The zero-order chi connectivity index (χ0) is 13.8. The third kappa shape index (κ3) is 2.89. The van der Waals surface area contributed by atoms with Crippen LogP contribution in [0.5, 0.6) is 5.75 Å². The van der Waals surface area contributed by atoms with E-state index in [4.69, 9.17) is 10.5 Å². The molecule has 1 aromatic heterocycles. The molecule has 0 aliphatic carbocycles. The van der Waals surface area contributed by atoms with Crippen molar-refractivity contribution >= 4 is 17.8 Å². The molecule has 0 spiro atoms. The third-order valence-corrected chi connectivity index (χ3v) is 2.38. The monoisotopic (exact) mass is 260 g/mol. The number of nitrogens with two attached hydrogens (primary N) is 1. The number of aromatic nitrogens is 2. The van der Waals surface area contributed by atoms with Crippen molar-refractivity contribution in [1.29, 1.82) is 0 Å². The Labute approximate surface area is 109 Å². The van der Waals surface area contributed by atoms with Crippen LogP contribution in [0.15, 0.2) is 36.5 Å². The molecule has 0 radical (unpaired) electrons. The van der Waals surface area contributed by atoms with Gasteiger partial charge in [-0.05, 0) is 12.1 Å². The molecule has 0 aliphatic heterocycles. The summed E-state index contributed by atoms with van der Waals surface area (Å²) in [7, 11) is 1.57. The molecule has 0 saturated carbocycles. The quantitative estimate of drug-likeness (QED) is 0.864.